The molecule has 2 fully saturated rings. The van der Waals surface area contributed by atoms with Gasteiger partial charge in [-0.15, -0.1) is 0 Å². The Morgan fingerprint density at radius 1 is 1.31 bits per heavy atom. The summed E-state index contributed by atoms with van der Waals surface area (Å²) in [5, 5.41) is 6.54. The lowest BCUT2D eigenvalue weighted by Crippen LogP contribution is -2.46. The standard InChI is InChI=1S/C17H34N4O4S/c1-2-18-17(19-6-4-11-24-15-16-5-3-12-25-16)20-7-8-21-9-13-26(22,23)14-10-21/h16H,2-15H2,1H3,(H2,18,19,20). The summed E-state index contributed by atoms with van der Waals surface area (Å²) >= 11 is 0. The third-order valence-corrected chi connectivity index (χ3v) is 6.16. The SMILES string of the molecule is CCNC(=NCCCOCC1CCCO1)NCCN1CCS(=O)(=O)CC1. The molecule has 2 rings (SSSR count). The molecule has 0 radical (unpaired) electrons. The van der Waals surface area contributed by atoms with Crippen LogP contribution in [0.1, 0.15) is 26.2 Å². The molecule has 152 valence electrons. The number of rotatable bonds is 10. The average molecular weight is 391 g/mol. The third-order valence-electron chi connectivity index (χ3n) is 4.55. The van der Waals surface area contributed by atoms with Crippen LogP contribution >= 0.6 is 0 Å². The minimum atomic E-state index is -2.81. The average Bonchev–Trinajstić information content (AvgIpc) is 3.12. The number of aliphatic imine (C=N–C) groups is 1. The largest absolute Gasteiger partial charge is 0.379 e. The molecule has 8 nitrogen and oxygen atoms in total. The summed E-state index contributed by atoms with van der Waals surface area (Å²) in [5.41, 5.74) is 0. The van der Waals surface area contributed by atoms with E-state index in [1.165, 1.54) is 0 Å². The van der Waals surface area contributed by atoms with Crippen LogP contribution in [0.15, 0.2) is 4.99 Å². The van der Waals surface area contributed by atoms with Gasteiger partial charge in [0, 0.05) is 52.5 Å². The summed E-state index contributed by atoms with van der Waals surface area (Å²) in [4.78, 5) is 6.73. The van der Waals surface area contributed by atoms with Crippen LogP contribution in [0, 0.1) is 0 Å². The van der Waals surface area contributed by atoms with Crippen molar-refractivity contribution in [2.24, 2.45) is 4.99 Å². The van der Waals surface area contributed by atoms with Gasteiger partial charge in [-0.3, -0.25) is 9.89 Å². The lowest BCUT2D eigenvalue weighted by molar-refractivity contribution is 0.0171. The fourth-order valence-corrected chi connectivity index (χ4v) is 4.27. The van der Waals surface area contributed by atoms with E-state index in [0.717, 1.165) is 51.5 Å². The second kappa shape index (κ2) is 11.7. The molecule has 9 heteroatoms. The third kappa shape index (κ3) is 8.66. The molecule has 0 aromatic carbocycles. The Morgan fingerprint density at radius 2 is 2.12 bits per heavy atom. The van der Waals surface area contributed by atoms with Crippen LogP contribution in [0.2, 0.25) is 0 Å². The van der Waals surface area contributed by atoms with Gasteiger partial charge in [-0.25, -0.2) is 8.42 Å². The topological polar surface area (TPSA) is 92.3 Å². The maximum atomic E-state index is 11.4. The summed E-state index contributed by atoms with van der Waals surface area (Å²) in [5.74, 6) is 1.34. The highest BCUT2D eigenvalue weighted by molar-refractivity contribution is 7.91. The molecule has 0 bridgehead atoms. The predicted octanol–water partition coefficient (Wildman–Crippen LogP) is -0.142. The van der Waals surface area contributed by atoms with E-state index < -0.39 is 9.84 Å². The highest BCUT2D eigenvalue weighted by Crippen LogP contribution is 2.11. The number of guanidine groups is 1. The Bertz CT molecular complexity index is 507. The number of sulfone groups is 1. The Balaban J connectivity index is 1.55. The highest BCUT2D eigenvalue weighted by atomic mass is 32.2. The van der Waals surface area contributed by atoms with Crippen molar-refractivity contribution in [2.45, 2.75) is 32.3 Å². The number of ether oxygens (including phenoxy) is 2. The molecule has 0 aliphatic carbocycles. The number of hydrogen-bond acceptors (Lipinski definition) is 6. The van der Waals surface area contributed by atoms with Crippen LogP contribution in [-0.4, -0.2) is 96.0 Å². The van der Waals surface area contributed by atoms with E-state index in [4.69, 9.17) is 9.47 Å². The molecule has 2 heterocycles. The number of nitrogens with one attached hydrogen (secondary N) is 2. The zero-order valence-corrected chi connectivity index (χ0v) is 16.7. The van der Waals surface area contributed by atoms with Crippen LogP contribution in [0.3, 0.4) is 0 Å². The van der Waals surface area contributed by atoms with Gasteiger partial charge in [-0.2, -0.15) is 0 Å². The van der Waals surface area contributed by atoms with Gasteiger partial charge in [0.1, 0.15) is 0 Å². The van der Waals surface area contributed by atoms with Gasteiger partial charge in [0.05, 0.1) is 24.2 Å². The van der Waals surface area contributed by atoms with Gasteiger partial charge in [0.15, 0.2) is 15.8 Å². The van der Waals surface area contributed by atoms with Gasteiger partial charge in [0.25, 0.3) is 0 Å². The van der Waals surface area contributed by atoms with Crippen molar-refractivity contribution in [2.75, 3.05) is 70.6 Å². The minimum Gasteiger partial charge on any atom is -0.379 e. The van der Waals surface area contributed by atoms with E-state index in [1.54, 1.807) is 0 Å². The lowest BCUT2D eigenvalue weighted by atomic mass is 10.2. The molecule has 0 spiro atoms. The Kier molecular flexibility index (Phi) is 9.66. The molecule has 0 amide bonds. The number of hydrogen-bond donors (Lipinski definition) is 2. The Morgan fingerprint density at radius 3 is 2.81 bits per heavy atom. The molecule has 0 aromatic heterocycles. The van der Waals surface area contributed by atoms with Gasteiger partial charge in [-0.1, -0.05) is 0 Å². The molecule has 2 aliphatic rings. The van der Waals surface area contributed by atoms with Crippen molar-refractivity contribution in [3.63, 3.8) is 0 Å². The molecular weight excluding hydrogens is 356 g/mol. The fourth-order valence-electron chi connectivity index (χ4n) is 3.00. The monoisotopic (exact) mass is 390 g/mol. The molecule has 1 unspecified atom stereocenters. The van der Waals surface area contributed by atoms with Crippen molar-refractivity contribution in [3.8, 4) is 0 Å². The molecule has 2 N–H and O–H groups in total. The minimum absolute atomic E-state index is 0.271. The van der Waals surface area contributed by atoms with Crippen LogP contribution in [0.4, 0.5) is 0 Å². The van der Waals surface area contributed by atoms with E-state index in [9.17, 15) is 8.42 Å². The van der Waals surface area contributed by atoms with E-state index in [1.807, 2.05) is 6.92 Å². The smallest absolute Gasteiger partial charge is 0.191 e. The van der Waals surface area contributed by atoms with E-state index in [-0.39, 0.29) is 17.6 Å². The Hall–Kier alpha value is -0.900. The fraction of sp³-hybridized carbons (Fsp3) is 0.941. The van der Waals surface area contributed by atoms with Crippen LogP contribution in [0.25, 0.3) is 0 Å². The van der Waals surface area contributed by atoms with E-state index in [0.29, 0.717) is 32.8 Å². The second-order valence-corrected chi connectivity index (χ2v) is 9.05. The van der Waals surface area contributed by atoms with Crippen LogP contribution in [-0.2, 0) is 19.3 Å². The van der Waals surface area contributed by atoms with Crippen molar-refractivity contribution in [3.05, 3.63) is 0 Å². The predicted molar refractivity (Wildman–Crippen MR) is 103 cm³/mol. The quantitative estimate of drug-likeness (QED) is 0.305. The first-order valence-corrected chi connectivity index (χ1v) is 11.6. The maximum absolute atomic E-state index is 11.4. The molecule has 0 saturated carbocycles. The van der Waals surface area contributed by atoms with Gasteiger partial charge < -0.3 is 20.1 Å². The zero-order chi connectivity index (χ0) is 18.7. The first kappa shape index (κ1) is 21.4. The van der Waals surface area contributed by atoms with Gasteiger partial charge in [-0.05, 0) is 26.2 Å². The normalized spacial score (nSPS) is 23.9. The summed E-state index contributed by atoms with van der Waals surface area (Å²) in [6, 6.07) is 0. The second-order valence-electron chi connectivity index (χ2n) is 6.74. The van der Waals surface area contributed by atoms with E-state index >= 15 is 0 Å². The summed E-state index contributed by atoms with van der Waals surface area (Å²) in [6.45, 7) is 8.64. The lowest BCUT2D eigenvalue weighted by Gasteiger charge is -2.26. The molecular formula is C17H34N4O4S. The number of nitrogens with zero attached hydrogens (tertiary/aromatic N) is 2. The van der Waals surface area contributed by atoms with E-state index in [2.05, 4.69) is 20.5 Å². The Labute approximate surface area is 157 Å². The molecule has 0 aromatic rings. The summed E-state index contributed by atoms with van der Waals surface area (Å²) in [7, 11) is -2.81. The molecule has 26 heavy (non-hydrogen) atoms. The van der Waals surface area contributed by atoms with Gasteiger partial charge in [0.2, 0.25) is 0 Å². The molecule has 1 atom stereocenters. The molecule has 2 saturated heterocycles. The van der Waals surface area contributed by atoms with Crippen molar-refractivity contribution >= 4 is 15.8 Å². The van der Waals surface area contributed by atoms with Gasteiger partial charge >= 0.3 is 0 Å². The van der Waals surface area contributed by atoms with Crippen molar-refractivity contribution in [1.82, 2.24) is 15.5 Å². The zero-order valence-electron chi connectivity index (χ0n) is 15.9. The summed E-state index contributed by atoms with van der Waals surface area (Å²) < 4.78 is 34.1. The molecule has 2 aliphatic heterocycles. The first-order chi connectivity index (χ1) is 12.6. The summed E-state index contributed by atoms with van der Waals surface area (Å²) in [6.07, 6.45) is 3.41. The van der Waals surface area contributed by atoms with Crippen molar-refractivity contribution in [1.29, 1.82) is 0 Å². The van der Waals surface area contributed by atoms with Crippen LogP contribution in [0.5, 0.6) is 0 Å². The first-order valence-electron chi connectivity index (χ1n) is 9.73. The van der Waals surface area contributed by atoms with Crippen LogP contribution < -0.4 is 10.6 Å². The highest BCUT2D eigenvalue weighted by Gasteiger charge is 2.20. The maximum Gasteiger partial charge on any atom is 0.191 e. The van der Waals surface area contributed by atoms with Crippen molar-refractivity contribution < 1.29 is 17.9 Å².